The van der Waals surface area contributed by atoms with Gasteiger partial charge in [0.25, 0.3) is 0 Å². The molecule has 0 aromatic heterocycles. The van der Waals surface area contributed by atoms with Crippen LogP contribution in [0.4, 0.5) is 0 Å². The molecule has 0 rings (SSSR count). The SMILES string of the molecule is CCCCCC/C=C\C/C=C\CCCCCCCC(=O)OCCCCCCCCCCCCCCC(=O)NC(CO)C(O)/C=C/CCCCCCCCCCCCCCCCCCC. The predicted molar refractivity (Wildman–Crippen MR) is 278 cm³/mol. The summed E-state index contributed by atoms with van der Waals surface area (Å²) in [5, 5.41) is 23.1. The number of esters is 1. The zero-order chi connectivity index (χ0) is 46.5. The van der Waals surface area contributed by atoms with E-state index in [0.29, 0.717) is 19.4 Å². The molecule has 0 saturated heterocycles. The van der Waals surface area contributed by atoms with E-state index in [1.54, 1.807) is 6.08 Å². The summed E-state index contributed by atoms with van der Waals surface area (Å²) in [5.74, 6) is -0.107. The summed E-state index contributed by atoms with van der Waals surface area (Å²) in [6.07, 6.45) is 65.8. The van der Waals surface area contributed by atoms with E-state index in [0.717, 1.165) is 70.6 Å². The second-order valence-corrected chi connectivity index (χ2v) is 19.3. The lowest BCUT2D eigenvalue weighted by Crippen LogP contribution is -2.45. The minimum absolute atomic E-state index is 0.0242. The van der Waals surface area contributed by atoms with Crippen molar-refractivity contribution in [1.29, 1.82) is 0 Å². The summed E-state index contributed by atoms with van der Waals surface area (Å²) in [6, 6.07) is -0.641. The van der Waals surface area contributed by atoms with Crippen LogP contribution in [-0.4, -0.2) is 47.4 Å². The van der Waals surface area contributed by atoms with E-state index in [1.807, 2.05) is 6.08 Å². The van der Waals surface area contributed by atoms with Crippen molar-refractivity contribution in [2.24, 2.45) is 0 Å². The van der Waals surface area contributed by atoms with Crippen molar-refractivity contribution in [2.45, 2.75) is 309 Å². The van der Waals surface area contributed by atoms with Crippen LogP contribution in [0.25, 0.3) is 0 Å². The van der Waals surface area contributed by atoms with Crippen molar-refractivity contribution in [3.63, 3.8) is 0 Å². The van der Waals surface area contributed by atoms with Gasteiger partial charge in [-0.15, -0.1) is 0 Å². The van der Waals surface area contributed by atoms with Gasteiger partial charge in [0, 0.05) is 12.8 Å². The average Bonchev–Trinajstić information content (AvgIpc) is 3.29. The van der Waals surface area contributed by atoms with Gasteiger partial charge in [0.05, 0.1) is 25.4 Å². The molecule has 6 heteroatoms. The van der Waals surface area contributed by atoms with Crippen LogP contribution in [0, 0.1) is 0 Å². The van der Waals surface area contributed by atoms with E-state index in [4.69, 9.17) is 4.74 Å². The molecular formula is C58H109NO5. The molecule has 0 spiro atoms. The molecule has 376 valence electrons. The minimum Gasteiger partial charge on any atom is -0.466 e. The Hall–Kier alpha value is -1.92. The quantitative estimate of drug-likeness (QED) is 0.0321. The number of hydrogen-bond acceptors (Lipinski definition) is 5. The van der Waals surface area contributed by atoms with Crippen molar-refractivity contribution in [2.75, 3.05) is 13.2 Å². The van der Waals surface area contributed by atoms with Crippen molar-refractivity contribution < 1.29 is 24.5 Å². The minimum atomic E-state index is -0.856. The highest BCUT2D eigenvalue weighted by molar-refractivity contribution is 5.76. The van der Waals surface area contributed by atoms with E-state index in [-0.39, 0.29) is 18.5 Å². The molecule has 0 radical (unpaired) electrons. The number of aliphatic hydroxyl groups excluding tert-OH is 2. The fourth-order valence-corrected chi connectivity index (χ4v) is 8.55. The van der Waals surface area contributed by atoms with Crippen LogP contribution in [0.2, 0.25) is 0 Å². The van der Waals surface area contributed by atoms with Gasteiger partial charge >= 0.3 is 5.97 Å². The van der Waals surface area contributed by atoms with Crippen LogP contribution in [0.5, 0.6) is 0 Å². The molecule has 2 unspecified atom stereocenters. The fraction of sp³-hybridized carbons (Fsp3) is 0.862. The number of unbranched alkanes of at least 4 members (excludes halogenated alkanes) is 37. The molecule has 3 N–H and O–H groups in total. The molecule has 0 bridgehead atoms. The standard InChI is InChI=1S/C58H109NO5/c1-3-5-7-9-11-13-15-17-19-21-22-23-24-26-30-34-38-42-46-50-56(61)55(54-60)59-57(62)51-47-43-39-35-31-28-29-33-37-41-45-49-53-64-58(63)52-48-44-40-36-32-27-25-20-18-16-14-12-10-8-6-4-2/h14,16,20,25,46,50,55-56,60-61H,3-13,15,17-19,21-24,26-45,47-49,51-54H2,1-2H3,(H,59,62)/b16-14-,25-20-,50-46+. The van der Waals surface area contributed by atoms with Gasteiger partial charge in [-0.1, -0.05) is 256 Å². The largest absolute Gasteiger partial charge is 0.466 e. The van der Waals surface area contributed by atoms with Gasteiger partial charge < -0.3 is 20.3 Å². The Balaban J connectivity index is 3.51. The molecule has 0 aliphatic rings. The Labute approximate surface area is 398 Å². The van der Waals surface area contributed by atoms with Crippen molar-refractivity contribution in [3.8, 4) is 0 Å². The summed E-state index contributed by atoms with van der Waals surface area (Å²) in [6.45, 7) is 4.85. The average molecular weight is 901 g/mol. The third kappa shape index (κ3) is 49.5. The van der Waals surface area contributed by atoms with E-state index in [9.17, 15) is 19.8 Å². The lowest BCUT2D eigenvalue weighted by atomic mass is 10.0. The first-order valence-corrected chi connectivity index (χ1v) is 28.3. The smallest absolute Gasteiger partial charge is 0.305 e. The highest BCUT2D eigenvalue weighted by Crippen LogP contribution is 2.16. The Bertz CT molecular complexity index is 1040. The molecule has 0 fully saturated rings. The van der Waals surface area contributed by atoms with Crippen molar-refractivity contribution in [1.82, 2.24) is 5.32 Å². The molecule has 0 saturated carbocycles. The van der Waals surface area contributed by atoms with Crippen LogP contribution >= 0.6 is 0 Å². The third-order valence-corrected chi connectivity index (χ3v) is 12.9. The number of aliphatic hydroxyl groups is 2. The Morgan fingerprint density at radius 3 is 1.20 bits per heavy atom. The maximum atomic E-state index is 12.5. The zero-order valence-electron chi connectivity index (χ0n) is 42.8. The molecule has 0 aliphatic heterocycles. The van der Waals surface area contributed by atoms with Gasteiger partial charge in [-0.05, 0) is 64.2 Å². The number of rotatable bonds is 52. The molecule has 6 nitrogen and oxygen atoms in total. The summed E-state index contributed by atoms with van der Waals surface area (Å²) < 4.78 is 5.46. The van der Waals surface area contributed by atoms with Crippen LogP contribution < -0.4 is 5.32 Å². The molecule has 0 aliphatic carbocycles. The number of amides is 1. The predicted octanol–water partition coefficient (Wildman–Crippen LogP) is 17.2. The summed E-state index contributed by atoms with van der Waals surface area (Å²) in [7, 11) is 0. The molecule has 0 aromatic carbocycles. The van der Waals surface area contributed by atoms with Gasteiger partial charge in [0.15, 0.2) is 0 Å². The fourth-order valence-electron chi connectivity index (χ4n) is 8.55. The van der Waals surface area contributed by atoms with Gasteiger partial charge in [0.1, 0.15) is 0 Å². The van der Waals surface area contributed by atoms with E-state index >= 15 is 0 Å². The number of ether oxygens (including phenoxy) is 1. The van der Waals surface area contributed by atoms with Gasteiger partial charge in [0.2, 0.25) is 5.91 Å². The van der Waals surface area contributed by atoms with Crippen LogP contribution in [0.1, 0.15) is 296 Å². The molecule has 2 atom stereocenters. The monoisotopic (exact) mass is 900 g/mol. The van der Waals surface area contributed by atoms with Crippen molar-refractivity contribution in [3.05, 3.63) is 36.5 Å². The molecule has 0 heterocycles. The van der Waals surface area contributed by atoms with Crippen LogP contribution in [-0.2, 0) is 14.3 Å². The lowest BCUT2D eigenvalue weighted by Gasteiger charge is -2.20. The maximum Gasteiger partial charge on any atom is 0.305 e. The molecular weight excluding hydrogens is 791 g/mol. The Morgan fingerprint density at radius 1 is 0.438 bits per heavy atom. The maximum absolute atomic E-state index is 12.5. The number of nitrogens with one attached hydrogen (secondary N) is 1. The van der Waals surface area contributed by atoms with Gasteiger partial charge in [-0.25, -0.2) is 0 Å². The van der Waals surface area contributed by atoms with Gasteiger partial charge in [-0.2, -0.15) is 0 Å². The zero-order valence-corrected chi connectivity index (χ0v) is 42.8. The summed E-state index contributed by atoms with van der Waals surface area (Å²) in [4.78, 5) is 24.5. The topological polar surface area (TPSA) is 95.9 Å². The normalized spacial score (nSPS) is 12.9. The number of carbonyl (C=O) groups excluding carboxylic acids is 2. The third-order valence-electron chi connectivity index (χ3n) is 12.9. The van der Waals surface area contributed by atoms with Crippen LogP contribution in [0.3, 0.4) is 0 Å². The highest BCUT2D eigenvalue weighted by Gasteiger charge is 2.18. The van der Waals surface area contributed by atoms with Crippen molar-refractivity contribution >= 4 is 11.9 Å². The Kier molecular flexibility index (Phi) is 52.1. The van der Waals surface area contributed by atoms with Gasteiger partial charge in [-0.3, -0.25) is 9.59 Å². The van der Waals surface area contributed by atoms with Crippen LogP contribution in [0.15, 0.2) is 36.5 Å². The Morgan fingerprint density at radius 2 is 0.781 bits per heavy atom. The first kappa shape index (κ1) is 62.1. The second kappa shape index (κ2) is 53.7. The number of hydrogen-bond donors (Lipinski definition) is 3. The lowest BCUT2D eigenvalue weighted by molar-refractivity contribution is -0.143. The van der Waals surface area contributed by atoms with E-state index in [1.165, 1.54) is 199 Å². The first-order valence-electron chi connectivity index (χ1n) is 28.3. The summed E-state index contributed by atoms with van der Waals surface area (Å²) in [5.41, 5.74) is 0. The van der Waals surface area contributed by atoms with E-state index < -0.39 is 12.1 Å². The summed E-state index contributed by atoms with van der Waals surface area (Å²) >= 11 is 0. The molecule has 0 aromatic rings. The number of carbonyl (C=O) groups is 2. The second-order valence-electron chi connectivity index (χ2n) is 19.3. The molecule has 1 amide bonds. The first-order chi connectivity index (χ1) is 31.5. The van der Waals surface area contributed by atoms with E-state index in [2.05, 4.69) is 43.5 Å². The number of allylic oxidation sites excluding steroid dienone is 5. The highest BCUT2D eigenvalue weighted by atomic mass is 16.5. The molecule has 64 heavy (non-hydrogen) atoms.